The highest BCUT2D eigenvalue weighted by Gasteiger charge is 2.23. The molecule has 0 heterocycles. The Hall–Kier alpha value is -2.22. The van der Waals surface area contributed by atoms with Crippen molar-refractivity contribution in [3.8, 4) is 0 Å². The molecule has 7 nitrogen and oxygen atoms in total. The summed E-state index contributed by atoms with van der Waals surface area (Å²) >= 11 is 0. The second-order valence-corrected chi connectivity index (χ2v) is 4.30. The fourth-order valence-electron chi connectivity index (χ4n) is 1.70. The minimum atomic E-state index is -1.00. The van der Waals surface area contributed by atoms with Gasteiger partial charge in [-0.2, -0.15) is 0 Å². The molecule has 0 aliphatic heterocycles. The molecule has 1 aromatic rings. The van der Waals surface area contributed by atoms with Crippen LogP contribution in [-0.2, 0) is 9.47 Å². The number of hydrogen-bond acceptors (Lipinski definition) is 6. The van der Waals surface area contributed by atoms with Crippen LogP contribution in [0.3, 0.4) is 0 Å². The van der Waals surface area contributed by atoms with Gasteiger partial charge in [-0.3, -0.25) is 10.1 Å². The molecule has 0 aliphatic carbocycles. The monoisotopic (exact) mass is 300 g/mol. The number of esters is 1. The molecule has 1 N–H and O–H groups in total. The lowest BCUT2D eigenvalue weighted by atomic mass is 10.1. The number of benzene rings is 1. The van der Waals surface area contributed by atoms with Gasteiger partial charge in [0.05, 0.1) is 30.3 Å². The third-order valence-corrected chi connectivity index (χ3v) is 2.66. The van der Waals surface area contributed by atoms with Crippen molar-refractivity contribution in [1.29, 1.82) is 0 Å². The van der Waals surface area contributed by atoms with Crippen molar-refractivity contribution < 1.29 is 23.6 Å². The Balaban J connectivity index is 3.14. The van der Waals surface area contributed by atoms with E-state index in [4.69, 9.17) is 4.74 Å². The van der Waals surface area contributed by atoms with Crippen LogP contribution in [-0.4, -0.2) is 37.3 Å². The van der Waals surface area contributed by atoms with Crippen LogP contribution in [0.25, 0.3) is 0 Å². The van der Waals surface area contributed by atoms with Gasteiger partial charge in [0.15, 0.2) is 0 Å². The summed E-state index contributed by atoms with van der Waals surface area (Å²) in [6.45, 7) is 4.40. The van der Waals surface area contributed by atoms with Gasteiger partial charge in [0.2, 0.25) is 0 Å². The maximum absolute atomic E-state index is 13.7. The fourth-order valence-corrected chi connectivity index (χ4v) is 1.70. The van der Waals surface area contributed by atoms with Crippen molar-refractivity contribution in [2.24, 2.45) is 0 Å². The van der Waals surface area contributed by atoms with Gasteiger partial charge < -0.3 is 14.8 Å². The second kappa shape index (κ2) is 7.53. The van der Waals surface area contributed by atoms with E-state index < -0.39 is 22.4 Å². The first-order chi connectivity index (χ1) is 9.90. The number of nitrogens with one attached hydrogen (secondary N) is 1. The molecule has 0 amide bonds. The first kappa shape index (κ1) is 16.8. The Bertz CT molecular complexity index is 536. The number of nitro benzene ring substituents is 1. The molecule has 21 heavy (non-hydrogen) atoms. The van der Waals surface area contributed by atoms with Crippen LogP contribution in [0, 0.1) is 15.9 Å². The van der Waals surface area contributed by atoms with Crippen LogP contribution in [0.2, 0.25) is 0 Å². The van der Waals surface area contributed by atoms with Gasteiger partial charge in [-0.15, -0.1) is 0 Å². The van der Waals surface area contributed by atoms with E-state index in [1.165, 1.54) is 0 Å². The molecular weight excluding hydrogens is 283 g/mol. The molecule has 1 atom stereocenters. The van der Waals surface area contributed by atoms with Gasteiger partial charge in [-0.05, 0) is 19.9 Å². The summed E-state index contributed by atoms with van der Waals surface area (Å²) in [5.41, 5.74) is -0.785. The van der Waals surface area contributed by atoms with E-state index in [-0.39, 0.29) is 17.3 Å². The predicted octanol–water partition coefficient (Wildman–Crippen LogP) is 2.36. The first-order valence-electron chi connectivity index (χ1n) is 6.31. The fraction of sp³-hybridized carbons (Fsp3) is 0.462. The number of ether oxygens (including phenoxy) is 2. The number of halogens is 1. The largest absolute Gasteiger partial charge is 0.465 e. The summed E-state index contributed by atoms with van der Waals surface area (Å²) in [6, 6.07) is 1.52. The molecule has 1 aromatic carbocycles. The quantitative estimate of drug-likeness (QED) is 0.472. The molecule has 0 aliphatic rings. The Morgan fingerprint density at radius 3 is 2.71 bits per heavy atom. The van der Waals surface area contributed by atoms with Gasteiger partial charge in [0.1, 0.15) is 11.5 Å². The Labute approximate surface area is 121 Å². The Morgan fingerprint density at radius 2 is 2.19 bits per heavy atom. The standard InChI is InChI=1S/C13H17FN2O5/c1-4-21-7-8(2)15-11-5-9(13(17)20-3)10(14)6-12(11)16(18)19/h5-6,8,15H,4,7H2,1-3H3. The molecule has 0 bridgehead atoms. The number of nitrogens with zero attached hydrogens (tertiary/aromatic N) is 1. The van der Waals surface area contributed by atoms with Crippen molar-refractivity contribution in [3.05, 3.63) is 33.6 Å². The smallest absolute Gasteiger partial charge is 0.340 e. The molecule has 0 radical (unpaired) electrons. The molecule has 8 heteroatoms. The van der Waals surface area contributed by atoms with Gasteiger partial charge in [0.25, 0.3) is 5.69 Å². The third kappa shape index (κ3) is 4.38. The highest BCUT2D eigenvalue weighted by molar-refractivity contribution is 5.92. The van der Waals surface area contributed by atoms with E-state index in [1.54, 1.807) is 6.92 Å². The van der Waals surface area contributed by atoms with E-state index in [2.05, 4.69) is 10.1 Å². The van der Waals surface area contributed by atoms with E-state index in [0.717, 1.165) is 13.2 Å². The normalized spacial score (nSPS) is 11.8. The summed E-state index contributed by atoms with van der Waals surface area (Å²) in [5.74, 6) is -1.90. The lowest BCUT2D eigenvalue weighted by Gasteiger charge is -2.16. The third-order valence-electron chi connectivity index (χ3n) is 2.66. The lowest BCUT2D eigenvalue weighted by molar-refractivity contribution is -0.384. The molecule has 0 fully saturated rings. The molecule has 1 unspecified atom stereocenters. The zero-order valence-corrected chi connectivity index (χ0v) is 12.0. The topological polar surface area (TPSA) is 90.7 Å². The molecule has 0 aromatic heterocycles. The summed E-state index contributed by atoms with van der Waals surface area (Å²) in [7, 11) is 1.11. The van der Waals surface area contributed by atoms with E-state index in [1.807, 2.05) is 6.92 Å². The van der Waals surface area contributed by atoms with Crippen molar-refractivity contribution in [2.45, 2.75) is 19.9 Å². The number of rotatable bonds is 7. The summed E-state index contributed by atoms with van der Waals surface area (Å²) in [4.78, 5) is 21.7. The van der Waals surface area contributed by atoms with Crippen LogP contribution in [0.4, 0.5) is 15.8 Å². The Morgan fingerprint density at radius 1 is 1.52 bits per heavy atom. The summed E-state index contributed by atoms with van der Waals surface area (Å²) in [5, 5.41) is 13.8. The highest BCUT2D eigenvalue weighted by atomic mass is 19.1. The van der Waals surface area contributed by atoms with E-state index in [0.29, 0.717) is 19.3 Å². The SMILES string of the molecule is CCOCC(C)Nc1cc(C(=O)OC)c(F)cc1[N+](=O)[O-]. The van der Waals surface area contributed by atoms with Crippen LogP contribution in [0.15, 0.2) is 12.1 Å². The van der Waals surface area contributed by atoms with Crippen LogP contribution >= 0.6 is 0 Å². The van der Waals surface area contributed by atoms with Gasteiger partial charge in [-0.1, -0.05) is 0 Å². The molecular formula is C13H17FN2O5. The minimum absolute atomic E-state index is 0.0361. The van der Waals surface area contributed by atoms with Crippen molar-refractivity contribution in [2.75, 3.05) is 25.6 Å². The zero-order valence-electron chi connectivity index (χ0n) is 12.0. The lowest BCUT2D eigenvalue weighted by Crippen LogP contribution is -2.22. The average Bonchev–Trinajstić information content (AvgIpc) is 2.45. The number of hydrogen-bond donors (Lipinski definition) is 1. The molecule has 1 rings (SSSR count). The van der Waals surface area contributed by atoms with Gasteiger partial charge in [-0.25, -0.2) is 9.18 Å². The number of methoxy groups -OCH3 is 1. The molecule has 0 saturated carbocycles. The van der Waals surface area contributed by atoms with Crippen molar-refractivity contribution >= 4 is 17.3 Å². The molecule has 0 spiro atoms. The van der Waals surface area contributed by atoms with E-state index in [9.17, 15) is 19.3 Å². The highest BCUT2D eigenvalue weighted by Crippen LogP contribution is 2.28. The number of carbonyl (C=O) groups is 1. The zero-order chi connectivity index (χ0) is 16.0. The minimum Gasteiger partial charge on any atom is -0.465 e. The molecule has 0 saturated heterocycles. The van der Waals surface area contributed by atoms with E-state index >= 15 is 0 Å². The van der Waals surface area contributed by atoms with Crippen LogP contribution in [0.5, 0.6) is 0 Å². The van der Waals surface area contributed by atoms with Gasteiger partial charge >= 0.3 is 5.97 Å². The Kier molecular flexibility index (Phi) is 6.04. The average molecular weight is 300 g/mol. The number of nitro groups is 1. The second-order valence-electron chi connectivity index (χ2n) is 4.30. The number of anilines is 1. The van der Waals surface area contributed by atoms with Crippen LogP contribution in [0.1, 0.15) is 24.2 Å². The predicted molar refractivity (Wildman–Crippen MR) is 74.0 cm³/mol. The maximum atomic E-state index is 13.7. The number of carbonyl (C=O) groups excluding carboxylic acids is 1. The van der Waals surface area contributed by atoms with Crippen molar-refractivity contribution in [1.82, 2.24) is 0 Å². The van der Waals surface area contributed by atoms with Crippen LogP contribution < -0.4 is 5.32 Å². The molecule has 116 valence electrons. The van der Waals surface area contributed by atoms with Gasteiger partial charge in [0, 0.05) is 12.6 Å². The summed E-state index contributed by atoms with van der Waals surface area (Å²) < 4.78 is 23.3. The summed E-state index contributed by atoms with van der Waals surface area (Å²) in [6.07, 6.45) is 0. The first-order valence-corrected chi connectivity index (χ1v) is 6.31. The van der Waals surface area contributed by atoms with Crippen molar-refractivity contribution in [3.63, 3.8) is 0 Å². The maximum Gasteiger partial charge on any atom is 0.340 e.